The SMILES string of the molecule is C1=CCCC(n2c3ccccc3c3cc(-c4cccc(S(c5ccccc5)(c5ccccc5)c5ccc6c(c5)c5ccccc5n6-c5ccccc5)c4)ccc32)=C1. The summed E-state index contributed by atoms with van der Waals surface area (Å²) in [4.78, 5) is 5.25. The fraction of sp³-hybridized carbons (Fsp3) is 0.0370. The maximum absolute atomic E-state index is 2.50. The Kier molecular flexibility index (Phi) is 8.08. The minimum Gasteiger partial charge on any atom is -0.313 e. The van der Waals surface area contributed by atoms with Gasteiger partial charge in [0.2, 0.25) is 0 Å². The normalized spacial score (nSPS) is 13.4. The van der Waals surface area contributed by atoms with E-state index in [2.05, 4.69) is 228 Å². The Morgan fingerprint density at radius 3 is 1.58 bits per heavy atom. The van der Waals surface area contributed by atoms with Crippen LogP contribution >= 0.6 is 10.0 Å². The molecular weight excluding hydrogens is 709 g/mol. The monoisotopic (exact) mass is 748 g/mol. The molecule has 272 valence electrons. The molecule has 57 heavy (non-hydrogen) atoms. The average Bonchev–Trinajstić information content (AvgIpc) is 3.80. The molecule has 0 unspecified atom stereocenters. The summed E-state index contributed by atoms with van der Waals surface area (Å²) < 4.78 is 4.88. The lowest BCUT2D eigenvalue weighted by Gasteiger charge is -2.42. The van der Waals surface area contributed by atoms with Crippen LogP contribution in [-0.2, 0) is 0 Å². The second-order valence-corrected chi connectivity index (χ2v) is 18.0. The highest BCUT2D eigenvalue weighted by molar-refractivity contribution is 8.34. The summed E-state index contributed by atoms with van der Waals surface area (Å²) in [5.74, 6) is 0. The van der Waals surface area contributed by atoms with Crippen LogP contribution in [0, 0.1) is 0 Å². The summed E-state index contributed by atoms with van der Waals surface area (Å²) in [5, 5.41) is 5.09. The zero-order valence-corrected chi connectivity index (χ0v) is 32.3. The number of para-hydroxylation sites is 3. The molecule has 0 aliphatic heterocycles. The van der Waals surface area contributed by atoms with Crippen LogP contribution in [0.3, 0.4) is 0 Å². The zero-order valence-electron chi connectivity index (χ0n) is 31.5. The molecule has 0 spiro atoms. The van der Waals surface area contributed by atoms with Crippen molar-refractivity contribution in [3.05, 3.63) is 218 Å². The number of hydrogen-bond acceptors (Lipinski definition) is 0. The van der Waals surface area contributed by atoms with E-state index < -0.39 is 10.0 Å². The first kappa shape index (κ1) is 33.5. The summed E-state index contributed by atoms with van der Waals surface area (Å²) >= 11 is 0. The van der Waals surface area contributed by atoms with Gasteiger partial charge >= 0.3 is 0 Å². The van der Waals surface area contributed by atoms with Gasteiger partial charge in [0.15, 0.2) is 0 Å². The van der Waals surface area contributed by atoms with E-state index in [-0.39, 0.29) is 0 Å². The van der Waals surface area contributed by atoms with Crippen molar-refractivity contribution in [2.75, 3.05) is 0 Å². The molecule has 3 heteroatoms. The predicted octanol–water partition coefficient (Wildman–Crippen LogP) is 15.1. The van der Waals surface area contributed by atoms with E-state index in [4.69, 9.17) is 0 Å². The quantitative estimate of drug-likeness (QED) is 0.154. The van der Waals surface area contributed by atoms with E-state index in [1.54, 1.807) is 0 Å². The minimum atomic E-state index is -1.97. The zero-order chi connectivity index (χ0) is 37.8. The molecule has 0 fully saturated rings. The highest BCUT2D eigenvalue weighted by Crippen LogP contribution is 2.74. The van der Waals surface area contributed by atoms with Crippen molar-refractivity contribution in [1.29, 1.82) is 0 Å². The van der Waals surface area contributed by atoms with Gasteiger partial charge in [-0.3, -0.25) is 0 Å². The molecule has 2 nitrogen and oxygen atoms in total. The third-order valence-corrected chi connectivity index (χ3v) is 15.6. The number of hydrogen-bond donors (Lipinski definition) is 0. The second-order valence-electron chi connectivity index (χ2n) is 14.8. The first-order valence-electron chi connectivity index (χ1n) is 19.8. The Morgan fingerprint density at radius 2 is 0.895 bits per heavy atom. The van der Waals surface area contributed by atoms with Crippen molar-refractivity contribution < 1.29 is 0 Å². The molecule has 0 atom stereocenters. The second kappa shape index (κ2) is 13.7. The lowest BCUT2D eigenvalue weighted by atomic mass is 10.0. The van der Waals surface area contributed by atoms with Gasteiger partial charge in [0.05, 0.1) is 22.1 Å². The Labute approximate surface area is 334 Å². The smallest absolute Gasteiger partial charge is 0.0541 e. The van der Waals surface area contributed by atoms with Crippen LogP contribution < -0.4 is 0 Å². The van der Waals surface area contributed by atoms with Gasteiger partial charge in [-0.05, 0) is 121 Å². The van der Waals surface area contributed by atoms with Gasteiger partial charge in [0.25, 0.3) is 0 Å². The molecule has 2 heterocycles. The van der Waals surface area contributed by atoms with E-state index >= 15 is 0 Å². The lowest BCUT2D eigenvalue weighted by molar-refractivity contribution is 0.979. The maximum Gasteiger partial charge on any atom is 0.0541 e. The van der Waals surface area contributed by atoms with Crippen molar-refractivity contribution in [1.82, 2.24) is 9.13 Å². The third-order valence-electron chi connectivity index (χ3n) is 11.7. The van der Waals surface area contributed by atoms with Gasteiger partial charge in [-0.2, -0.15) is 0 Å². The third kappa shape index (κ3) is 5.34. The van der Waals surface area contributed by atoms with Gasteiger partial charge < -0.3 is 9.13 Å². The molecule has 1 aliphatic rings. The van der Waals surface area contributed by atoms with E-state index in [9.17, 15) is 0 Å². The molecule has 8 aromatic carbocycles. The van der Waals surface area contributed by atoms with Crippen molar-refractivity contribution in [2.45, 2.75) is 32.4 Å². The Hall–Kier alpha value is -6.81. The maximum atomic E-state index is 2.50. The number of nitrogens with zero attached hydrogens (tertiary/aromatic N) is 2. The number of rotatable bonds is 7. The number of allylic oxidation sites excluding steroid dienone is 4. The highest BCUT2D eigenvalue weighted by atomic mass is 32.3. The topological polar surface area (TPSA) is 9.86 Å². The molecule has 0 saturated heterocycles. The Morgan fingerprint density at radius 1 is 0.368 bits per heavy atom. The van der Waals surface area contributed by atoms with E-state index in [0.29, 0.717) is 0 Å². The fourth-order valence-electron chi connectivity index (χ4n) is 9.17. The summed E-state index contributed by atoms with van der Waals surface area (Å²) in [5.41, 5.74) is 9.90. The summed E-state index contributed by atoms with van der Waals surface area (Å²) in [6.45, 7) is 0. The van der Waals surface area contributed by atoms with Crippen LogP contribution in [0.4, 0.5) is 0 Å². The average molecular weight is 749 g/mol. The van der Waals surface area contributed by atoms with Crippen LogP contribution in [0.1, 0.15) is 12.8 Å². The summed E-state index contributed by atoms with van der Waals surface area (Å²) in [6, 6.07) is 74.6. The van der Waals surface area contributed by atoms with E-state index in [0.717, 1.165) is 12.8 Å². The van der Waals surface area contributed by atoms with Crippen LogP contribution in [0.25, 0.3) is 66.1 Å². The summed E-state index contributed by atoms with van der Waals surface area (Å²) in [6.07, 6.45) is 8.85. The molecule has 10 aromatic rings. The van der Waals surface area contributed by atoms with Crippen molar-refractivity contribution in [3.63, 3.8) is 0 Å². The predicted molar refractivity (Wildman–Crippen MR) is 242 cm³/mol. The summed E-state index contributed by atoms with van der Waals surface area (Å²) in [7, 11) is -1.97. The van der Waals surface area contributed by atoms with Crippen LogP contribution in [0.2, 0.25) is 0 Å². The standard InChI is InChI=1S/C54H40N2S/c1-5-19-41(20-6-1)55-51-30-15-13-28-47(51)49-37-40(32-34-53(49)55)39-18-17-27-45(36-39)57(43-23-9-3-10-24-43,44-25-11-4-12-26-44)46-33-35-54-50(38-46)48-29-14-16-31-52(48)56(54)42-21-7-2-8-22-42/h1-5,7-19,21-38H,6,20H2. The Balaban J connectivity index is 1.16. The first-order chi connectivity index (χ1) is 28.3. The fourth-order valence-corrected chi connectivity index (χ4v) is 13.1. The Bertz CT molecular complexity index is 3130. The van der Waals surface area contributed by atoms with Crippen molar-refractivity contribution >= 4 is 59.3 Å². The van der Waals surface area contributed by atoms with Gasteiger partial charge in [-0.25, -0.2) is 0 Å². The molecule has 0 N–H and O–H groups in total. The molecule has 0 saturated carbocycles. The highest BCUT2D eigenvalue weighted by Gasteiger charge is 2.34. The number of aromatic nitrogens is 2. The van der Waals surface area contributed by atoms with Crippen LogP contribution in [0.5, 0.6) is 0 Å². The van der Waals surface area contributed by atoms with Crippen LogP contribution in [-0.4, -0.2) is 9.13 Å². The lowest BCUT2D eigenvalue weighted by Crippen LogP contribution is -2.05. The van der Waals surface area contributed by atoms with E-state index in [1.165, 1.54) is 85.7 Å². The molecule has 2 aromatic heterocycles. The first-order valence-corrected chi connectivity index (χ1v) is 21.4. The van der Waals surface area contributed by atoms with Crippen LogP contribution in [0.15, 0.2) is 238 Å². The molecule has 0 radical (unpaired) electrons. The van der Waals surface area contributed by atoms with Gasteiger partial charge in [0.1, 0.15) is 0 Å². The molecule has 0 amide bonds. The van der Waals surface area contributed by atoms with Crippen molar-refractivity contribution in [2.24, 2.45) is 0 Å². The molecule has 1 aliphatic carbocycles. The van der Waals surface area contributed by atoms with Gasteiger partial charge in [-0.15, -0.1) is 10.0 Å². The van der Waals surface area contributed by atoms with Gasteiger partial charge in [0, 0.05) is 52.5 Å². The minimum absolute atomic E-state index is 1.04. The number of benzene rings is 8. The number of fused-ring (bicyclic) bond motifs is 6. The molecule has 0 bridgehead atoms. The van der Waals surface area contributed by atoms with Gasteiger partial charge in [-0.1, -0.05) is 121 Å². The molecule has 11 rings (SSSR count). The van der Waals surface area contributed by atoms with Crippen molar-refractivity contribution in [3.8, 4) is 16.8 Å². The van der Waals surface area contributed by atoms with E-state index in [1.807, 2.05) is 0 Å². The largest absolute Gasteiger partial charge is 0.313 e. The molecular formula is C54H40N2S.